The highest BCUT2D eigenvalue weighted by Crippen LogP contribution is 2.12. The summed E-state index contributed by atoms with van der Waals surface area (Å²) in [6.07, 6.45) is 2.03. The Labute approximate surface area is 125 Å². The molecule has 110 valence electrons. The average Bonchev–Trinajstić information content (AvgIpc) is 2.49. The SMILES string of the molecule is CCCc1cccc(C(=O)N(C)Cc2ccc(F)cc2)c1. The smallest absolute Gasteiger partial charge is 0.253 e. The number of aryl methyl sites for hydroxylation is 1. The number of amides is 1. The van der Waals surface area contributed by atoms with Gasteiger partial charge in [-0.15, -0.1) is 0 Å². The van der Waals surface area contributed by atoms with Gasteiger partial charge < -0.3 is 4.90 Å². The van der Waals surface area contributed by atoms with Crippen LogP contribution in [0.2, 0.25) is 0 Å². The van der Waals surface area contributed by atoms with Crippen molar-refractivity contribution in [3.8, 4) is 0 Å². The Morgan fingerprint density at radius 1 is 1.10 bits per heavy atom. The summed E-state index contributed by atoms with van der Waals surface area (Å²) in [6.45, 7) is 2.59. The topological polar surface area (TPSA) is 20.3 Å². The predicted molar refractivity (Wildman–Crippen MR) is 82.6 cm³/mol. The maximum Gasteiger partial charge on any atom is 0.253 e. The van der Waals surface area contributed by atoms with Crippen molar-refractivity contribution >= 4 is 5.91 Å². The number of hydrogen-bond acceptors (Lipinski definition) is 1. The fraction of sp³-hybridized carbons (Fsp3) is 0.278. The van der Waals surface area contributed by atoms with Crippen molar-refractivity contribution in [1.82, 2.24) is 4.90 Å². The lowest BCUT2D eigenvalue weighted by Crippen LogP contribution is -2.26. The molecule has 3 heteroatoms. The van der Waals surface area contributed by atoms with Crippen LogP contribution in [0.25, 0.3) is 0 Å². The number of rotatable bonds is 5. The van der Waals surface area contributed by atoms with E-state index in [-0.39, 0.29) is 11.7 Å². The van der Waals surface area contributed by atoms with Crippen LogP contribution in [0, 0.1) is 5.82 Å². The lowest BCUT2D eigenvalue weighted by molar-refractivity contribution is 0.0785. The Hall–Kier alpha value is -2.16. The van der Waals surface area contributed by atoms with Gasteiger partial charge in [0, 0.05) is 19.2 Å². The van der Waals surface area contributed by atoms with E-state index < -0.39 is 0 Å². The minimum absolute atomic E-state index is 0.0164. The van der Waals surface area contributed by atoms with Crippen molar-refractivity contribution in [1.29, 1.82) is 0 Å². The molecule has 2 rings (SSSR count). The van der Waals surface area contributed by atoms with Crippen LogP contribution in [0.1, 0.15) is 34.8 Å². The fourth-order valence-electron chi connectivity index (χ4n) is 2.30. The molecule has 0 heterocycles. The Bertz CT molecular complexity index is 607. The normalized spacial score (nSPS) is 10.4. The standard InChI is InChI=1S/C18H20FNO/c1-3-5-14-6-4-7-16(12-14)18(21)20(2)13-15-8-10-17(19)11-9-15/h4,6-12H,3,5,13H2,1-2H3. The molecule has 0 aromatic heterocycles. The lowest BCUT2D eigenvalue weighted by Gasteiger charge is -2.18. The van der Waals surface area contributed by atoms with Crippen LogP contribution in [0.15, 0.2) is 48.5 Å². The first-order valence-corrected chi connectivity index (χ1v) is 7.19. The number of nitrogens with zero attached hydrogens (tertiary/aromatic N) is 1. The zero-order valence-corrected chi connectivity index (χ0v) is 12.5. The van der Waals surface area contributed by atoms with E-state index in [0.29, 0.717) is 12.1 Å². The van der Waals surface area contributed by atoms with Crippen LogP contribution >= 0.6 is 0 Å². The third kappa shape index (κ3) is 4.15. The van der Waals surface area contributed by atoms with E-state index >= 15 is 0 Å². The van der Waals surface area contributed by atoms with E-state index in [1.54, 1.807) is 24.1 Å². The number of benzene rings is 2. The van der Waals surface area contributed by atoms with Crippen molar-refractivity contribution in [2.45, 2.75) is 26.3 Å². The summed E-state index contributed by atoms with van der Waals surface area (Å²) in [7, 11) is 1.76. The highest BCUT2D eigenvalue weighted by atomic mass is 19.1. The van der Waals surface area contributed by atoms with Gasteiger partial charge in [0.25, 0.3) is 5.91 Å². The summed E-state index contributed by atoms with van der Waals surface area (Å²) >= 11 is 0. The molecule has 0 saturated carbocycles. The van der Waals surface area contributed by atoms with Gasteiger partial charge in [-0.3, -0.25) is 4.79 Å². The maximum absolute atomic E-state index is 12.9. The van der Waals surface area contributed by atoms with Gasteiger partial charge in [0.1, 0.15) is 5.82 Å². The van der Waals surface area contributed by atoms with Gasteiger partial charge in [-0.1, -0.05) is 37.6 Å². The second-order valence-electron chi connectivity index (χ2n) is 5.24. The van der Waals surface area contributed by atoms with Crippen LogP contribution in [-0.4, -0.2) is 17.9 Å². The zero-order chi connectivity index (χ0) is 15.2. The van der Waals surface area contributed by atoms with Gasteiger partial charge in [-0.05, 0) is 41.8 Å². The molecule has 0 bridgehead atoms. The number of carbonyl (C=O) groups is 1. The number of halogens is 1. The summed E-state index contributed by atoms with van der Waals surface area (Å²) in [5.74, 6) is -0.280. The first kappa shape index (κ1) is 15.2. The van der Waals surface area contributed by atoms with Crippen LogP contribution < -0.4 is 0 Å². The molecule has 0 radical (unpaired) electrons. The number of hydrogen-bond donors (Lipinski definition) is 0. The van der Waals surface area contributed by atoms with Crippen molar-refractivity contribution in [2.24, 2.45) is 0 Å². The highest BCUT2D eigenvalue weighted by Gasteiger charge is 2.12. The van der Waals surface area contributed by atoms with E-state index in [2.05, 4.69) is 6.92 Å². The molecule has 0 aliphatic carbocycles. The van der Waals surface area contributed by atoms with Gasteiger partial charge in [0.05, 0.1) is 0 Å². The van der Waals surface area contributed by atoms with Gasteiger partial charge in [0.2, 0.25) is 0 Å². The van der Waals surface area contributed by atoms with Crippen LogP contribution in [-0.2, 0) is 13.0 Å². The summed E-state index contributed by atoms with van der Waals surface area (Å²) in [5, 5.41) is 0. The molecule has 0 N–H and O–H groups in total. The van der Waals surface area contributed by atoms with Crippen molar-refractivity contribution in [2.75, 3.05) is 7.05 Å². The summed E-state index contributed by atoms with van der Waals surface area (Å²) < 4.78 is 12.9. The Morgan fingerprint density at radius 3 is 2.48 bits per heavy atom. The predicted octanol–water partition coefficient (Wildman–Crippen LogP) is 4.05. The monoisotopic (exact) mass is 285 g/mol. The maximum atomic E-state index is 12.9. The van der Waals surface area contributed by atoms with Crippen molar-refractivity contribution < 1.29 is 9.18 Å². The third-order valence-electron chi connectivity index (χ3n) is 3.39. The minimum atomic E-state index is -0.264. The minimum Gasteiger partial charge on any atom is -0.337 e. The van der Waals surface area contributed by atoms with Gasteiger partial charge >= 0.3 is 0 Å². The highest BCUT2D eigenvalue weighted by molar-refractivity contribution is 5.94. The van der Waals surface area contributed by atoms with Gasteiger partial charge in [-0.25, -0.2) is 4.39 Å². The summed E-state index contributed by atoms with van der Waals surface area (Å²) in [4.78, 5) is 14.1. The van der Waals surface area contributed by atoms with E-state index in [1.165, 1.54) is 17.7 Å². The van der Waals surface area contributed by atoms with Crippen LogP contribution in [0.4, 0.5) is 4.39 Å². The molecule has 0 atom stereocenters. The molecule has 0 aliphatic heterocycles. The molecule has 2 aromatic carbocycles. The Morgan fingerprint density at radius 2 is 1.81 bits per heavy atom. The Kier molecular flexibility index (Phi) is 5.09. The van der Waals surface area contributed by atoms with E-state index in [0.717, 1.165) is 18.4 Å². The molecule has 0 saturated heterocycles. The molecular weight excluding hydrogens is 265 g/mol. The molecule has 1 amide bonds. The van der Waals surface area contributed by atoms with Gasteiger partial charge in [0.15, 0.2) is 0 Å². The van der Waals surface area contributed by atoms with Gasteiger partial charge in [-0.2, -0.15) is 0 Å². The van der Waals surface area contributed by atoms with Crippen LogP contribution in [0.3, 0.4) is 0 Å². The van der Waals surface area contributed by atoms with Crippen molar-refractivity contribution in [3.63, 3.8) is 0 Å². The molecule has 0 fully saturated rings. The van der Waals surface area contributed by atoms with E-state index in [4.69, 9.17) is 0 Å². The third-order valence-corrected chi connectivity index (χ3v) is 3.39. The number of carbonyl (C=O) groups excluding carboxylic acids is 1. The molecule has 0 unspecified atom stereocenters. The second kappa shape index (κ2) is 7.02. The molecule has 21 heavy (non-hydrogen) atoms. The molecule has 0 spiro atoms. The molecule has 0 aliphatic rings. The van der Waals surface area contributed by atoms with E-state index in [9.17, 15) is 9.18 Å². The first-order valence-electron chi connectivity index (χ1n) is 7.19. The lowest BCUT2D eigenvalue weighted by atomic mass is 10.1. The molecule has 2 aromatic rings. The average molecular weight is 285 g/mol. The molecular formula is C18H20FNO. The summed E-state index contributed by atoms with van der Waals surface area (Å²) in [5.41, 5.74) is 2.79. The van der Waals surface area contributed by atoms with E-state index in [1.807, 2.05) is 24.3 Å². The Balaban J connectivity index is 2.08. The molecule has 2 nitrogen and oxygen atoms in total. The quantitative estimate of drug-likeness (QED) is 0.811. The van der Waals surface area contributed by atoms with Crippen LogP contribution in [0.5, 0.6) is 0 Å². The second-order valence-corrected chi connectivity index (χ2v) is 5.24. The summed E-state index contributed by atoms with van der Waals surface area (Å²) in [6, 6.07) is 14.0. The fourth-order valence-corrected chi connectivity index (χ4v) is 2.30. The largest absolute Gasteiger partial charge is 0.337 e. The zero-order valence-electron chi connectivity index (χ0n) is 12.5. The first-order chi connectivity index (χ1) is 10.1. The van der Waals surface area contributed by atoms with Crippen molar-refractivity contribution in [3.05, 3.63) is 71.0 Å².